The lowest BCUT2D eigenvalue weighted by Gasteiger charge is -2.29. The van der Waals surface area contributed by atoms with Crippen molar-refractivity contribution in [2.24, 2.45) is 0 Å². The van der Waals surface area contributed by atoms with Crippen LogP contribution in [0.3, 0.4) is 0 Å². The summed E-state index contributed by atoms with van der Waals surface area (Å²) >= 11 is 5.99. The summed E-state index contributed by atoms with van der Waals surface area (Å²) in [5.74, 6) is 0.288. The quantitative estimate of drug-likeness (QED) is 0.786. The van der Waals surface area contributed by atoms with Crippen molar-refractivity contribution in [2.75, 3.05) is 5.32 Å². The molecule has 1 heterocycles. The molecule has 0 saturated heterocycles. The molecule has 1 unspecified atom stereocenters. The summed E-state index contributed by atoms with van der Waals surface area (Å²) in [5, 5.41) is 3.09. The average molecular weight is 217 g/mol. The number of nitrogens with zero attached hydrogens (tertiary/aromatic N) is 1. The van der Waals surface area contributed by atoms with Gasteiger partial charge in [-0.1, -0.05) is 0 Å². The van der Waals surface area contributed by atoms with E-state index >= 15 is 0 Å². The van der Waals surface area contributed by atoms with E-state index in [-0.39, 0.29) is 16.7 Å². The zero-order chi connectivity index (χ0) is 10.8. The molecule has 14 heavy (non-hydrogen) atoms. The van der Waals surface area contributed by atoms with Gasteiger partial charge in [-0.3, -0.25) is 0 Å². The van der Waals surface area contributed by atoms with Crippen molar-refractivity contribution in [3.63, 3.8) is 0 Å². The molecule has 1 aromatic heterocycles. The molecule has 1 atom stereocenters. The Balaban J connectivity index is 2.74. The first-order valence-corrected chi connectivity index (χ1v) is 4.89. The summed E-state index contributed by atoms with van der Waals surface area (Å²) in [6.45, 7) is 5.84. The third-order valence-corrected chi connectivity index (χ3v) is 2.72. The van der Waals surface area contributed by atoms with Crippen molar-refractivity contribution < 1.29 is 4.39 Å². The molecule has 1 N–H and O–H groups in total. The minimum absolute atomic E-state index is 0.0469. The second-order valence-corrected chi connectivity index (χ2v) is 4.48. The molecule has 0 aliphatic carbocycles. The SMILES string of the molecule is CC(Cl)C(C)(C)Nc1ccc(F)cn1. The predicted octanol–water partition coefficient (Wildman–Crippen LogP) is 3.04. The first-order valence-electron chi connectivity index (χ1n) is 4.45. The monoisotopic (exact) mass is 216 g/mol. The zero-order valence-electron chi connectivity index (χ0n) is 8.51. The van der Waals surface area contributed by atoms with Crippen LogP contribution in [-0.4, -0.2) is 15.9 Å². The van der Waals surface area contributed by atoms with Gasteiger partial charge in [-0.2, -0.15) is 0 Å². The molecule has 0 aliphatic rings. The number of nitrogens with one attached hydrogen (secondary N) is 1. The second-order valence-electron chi connectivity index (χ2n) is 3.82. The van der Waals surface area contributed by atoms with E-state index in [4.69, 9.17) is 11.6 Å². The van der Waals surface area contributed by atoms with Crippen molar-refractivity contribution in [1.29, 1.82) is 0 Å². The Morgan fingerprint density at radius 1 is 1.50 bits per heavy atom. The summed E-state index contributed by atoms with van der Waals surface area (Å²) < 4.78 is 12.6. The first-order chi connectivity index (χ1) is 6.42. The highest BCUT2D eigenvalue weighted by Gasteiger charge is 2.23. The lowest BCUT2D eigenvalue weighted by molar-refractivity contribution is 0.551. The standard InChI is InChI=1S/C10H14ClFN2/c1-7(11)10(2,3)14-9-5-4-8(12)6-13-9/h4-7H,1-3H3,(H,13,14). The summed E-state index contributed by atoms with van der Waals surface area (Å²) in [4.78, 5) is 3.90. The van der Waals surface area contributed by atoms with Crippen LogP contribution >= 0.6 is 11.6 Å². The highest BCUT2D eigenvalue weighted by molar-refractivity contribution is 6.21. The van der Waals surface area contributed by atoms with Gasteiger partial charge >= 0.3 is 0 Å². The molecule has 0 spiro atoms. The van der Waals surface area contributed by atoms with Gasteiger partial charge < -0.3 is 5.32 Å². The van der Waals surface area contributed by atoms with Crippen LogP contribution in [0.2, 0.25) is 0 Å². The van der Waals surface area contributed by atoms with E-state index in [2.05, 4.69) is 10.3 Å². The Morgan fingerprint density at radius 2 is 2.14 bits per heavy atom. The molecule has 0 aliphatic heterocycles. The number of alkyl halides is 1. The molecule has 78 valence electrons. The van der Waals surface area contributed by atoms with E-state index in [1.165, 1.54) is 12.3 Å². The summed E-state index contributed by atoms with van der Waals surface area (Å²) in [7, 11) is 0. The smallest absolute Gasteiger partial charge is 0.141 e. The van der Waals surface area contributed by atoms with E-state index in [1.54, 1.807) is 6.07 Å². The molecule has 0 fully saturated rings. The van der Waals surface area contributed by atoms with Gasteiger partial charge in [0, 0.05) is 5.54 Å². The highest BCUT2D eigenvalue weighted by atomic mass is 35.5. The van der Waals surface area contributed by atoms with Gasteiger partial charge in [0.15, 0.2) is 0 Å². The molecule has 0 amide bonds. The van der Waals surface area contributed by atoms with Crippen molar-refractivity contribution in [3.8, 4) is 0 Å². The minimum Gasteiger partial charge on any atom is -0.364 e. The van der Waals surface area contributed by atoms with Crippen molar-refractivity contribution >= 4 is 17.4 Å². The third-order valence-electron chi connectivity index (χ3n) is 2.17. The van der Waals surface area contributed by atoms with Crippen LogP contribution in [-0.2, 0) is 0 Å². The van der Waals surface area contributed by atoms with Gasteiger partial charge in [0.1, 0.15) is 11.6 Å². The van der Waals surface area contributed by atoms with Gasteiger partial charge in [-0.05, 0) is 32.9 Å². The van der Waals surface area contributed by atoms with Crippen LogP contribution in [0.25, 0.3) is 0 Å². The molecular weight excluding hydrogens is 203 g/mol. The van der Waals surface area contributed by atoms with Crippen molar-refractivity contribution in [3.05, 3.63) is 24.1 Å². The van der Waals surface area contributed by atoms with E-state index < -0.39 is 0 Å². The van der Waals surface area contributed by atoms with Crippen LogP contribution in [0.5, 0.6) is 0 Å². The number of hydrogen-bond acceptors (Lipinski definition) is 2. The van der Waals surface area contributed by atoms with Crippen LogP contribution < -0.4 is 5.32 Å². The van der Waals surface area contributed by atoms with Crippen LogP contribution in [0.15, 0.2) is 18.3 Å². The first kappa shape index (κ1) is 11.2. The van der Waals surface area contributed by atoms with Gasteiger partial charge in [0.05, 0.1) is 11.6 Å². The molecule has 1 aromatic rings. The number of rotatable bonds is 3. The lowest BCUT2D eigenvalue weighted by Crippen LogP contribution is -2.39. The molecule has 0 radical (unpaired) electrons. The second kappa shape index (κ2) is 4.13. The van der Waals surface area contributed by atoms with E-state index in [0.717, 1.165) is 0 Å². The number of halogens is 2. The fraction of sp³-hybridized carbons (Fsp3) is 0.500. The Morgan fingerprint density at radius 3 is 2.57 bits per heavy atom. The number of aromatic nitrogens is 1. The molecular formula is C10H14ClFN2. The minimum atomic E-state index is -0.340. The van der Waals surface area contributed by atoms with Gasteiger partial charge in [-0.15, -0.1) is 11.6 Å². The van der Waals surface area contributed by atoms with Gasteiger partial charge in [0.2, 0.25) is 0 Å². The van der Waals surface area contributed by atoms with Gasteiger partial charge in [0.25, 0.3) is 0 Å². The molecule has 1 rings (SSSR count). The largest absolute Gasteiger partial charge is 0.364 e. The molecule has 0 saturated carbocycles. The molecule has 4 heteroatoms. The Kier molecular flexibility index (Phi) is 3.32. The highest BCUT2D eigenvalue weighted by Crippen LogP contribution is 2.20. The zero-order valence-corrected chi connectivity index (χ0v) is 9.27. The van der Waals surface area contributed by atoms with Crippen LogP contribution in [0.4, 0.5) is 10.2 Å². The fourth-order valence-corrected chi connectivity index (χ4v) is 0.934. The maximum Gasteiger partial charge on any atom is 0.141 e. The summed E-state index contributed by atoms with van der Waals surface area (Å²) in [5.41, 5.74) is -0.271. The normalized spacial score (nSPS) is 13.8. The number of hydrogen-bond donors (Lipinski definition) is 1. The van der Waals surface area contributed by atoms with Crippen LogP contribution in [0, 0.1) is 5.82 Å². The third kappa shape index (κ3) is 2.84. The maximum absolute atomic E-state index is 12.6. The predicted molar refractivity (Wildman–Crippen MR) is 57.2 cm³/mol. The van der Waals surface area contributed by atoms with E-state index in [1.807, 2.05) is 20.8 Å². The average Bonchev–Trinajstić information content (AvgIpc) is 2.08. The number of anilines is 1. The van der Waals surface area contributed by atoms with E-state index in [0.29, 0.717) is 5.82 Å². The van der Waals surface area contributed by atoms with E-state index in [9.17, 15) is 4.39 Å². The Bertz CT molecular complexity index is 295. The Labute approximate surface area is 88.5 Å². The number of pyridine rings is 1. The summed E-state index contributed by atoms with van der Waals surface area (Å²) in [6, 6.07) is 2.96. The van der Waals surface area contributed by atoms with Gasteiger partial charge in [-0.25, -0.2) is 9.37 Å². The topological polar surface area (TPSA) is 24.9 Å². The molecule has 0 bridgehead atoms. The summed E-state index contributed by atoms with van der Waals surface area (Å²) in [6.07, 6.45) is 1.18. The maximum atomic E-state index is 12.6. The van der Waals surface area contributed by atoms with Crippen molar-refractivity contribution in [2.45, 2.75) is 31.7 Å². The van der Waals surface area contributed by atoms with Crippen molar-refractivity contribution in [1.82, 2.24) is 4.98 Å². The van der Waals surface area contributed by atoms with Crippen LogP contribution in [0.1, 0.15) is 20.8 Å². The Hall–Kier alpha value is -0.830. The molecule has 0 aromatic carbocycles. The lowest BCUT2D eigenvalue weighted by atomic mass is 10.0. The molecule has 2 nitrogen and oxygen atoms in total. The fourth-order valence-electron chi connectivity index (χ4n) is 0.879.